The van der Waals surface area contributed by atoms with E-state index in [1.807, 2.05) is 6.92 Å². The molecule has 4 nitrogen and oxygen atoms in total. The number of benzene rings is 1. The van der Waals surface area contributed by atoms with E-state index in [4.69, 9.17) is 4.74 Å². The molecule has 5 heteroatoms. The molecule has 0 aliphatic heterocycles. The fourth-order valence-corrected chi connectivity index (χ4v) is 1.60. The van der Waals surface area contributed by atoms with Crippen molar-refractivity contribution in [2.75, 3.05) is 20.2 Å². The van der Waals surface area contributed by atoms with E-state index in [1.54, 1.807) is 31.3 Å². The van der Waals surface area contributed by atoms with Crippen LogP contribution in [0, 0.1) is 0 Å². The quantitative estimate of drug-likeness (QED) is 0.785. The third kappa shape index (κ3) is 4.49. The highest BCUT2D eigenvalue weighted by Crippen LogP contribution is 2.11. The van der Waals surface area contributed by atoms with E-state index in [1.165, 1.54) is 4.90 Å². The van der Waals surface area contributed by atoms with E-state index >= 15 is 0 Å². The molecule has 18 heavy (non-hydrogen) atoms. The number of amides is 1. The van der Waals surface area contributed by atoms with Gasteiger partial charge in [-0.15, -0.1) is 0 Å². The van der Waals surface area contributed by atoms with Crippen molar-refractivity contribution >= 4 is 27.8 Å². The molecule has 98 valence electrons. The van der Waals surface area contributed by atoms with Crippen molar-refractivity contribution in [3.63, 3.8) is 0 Å². The van der Waals surface area contributed by atoms with Crippen LogP contribution in [0.4, 0.5) is 0 Å². The Bertz CT molecular complexity index is 417. The van der Waals surface area contributed by atoms with Gasteiger partial charge in [0.2, 0.25) is 0 Å². The van der Waals surface area contributed by atoms with Gasteiger partial charge in [0.1, 0.15) is 6.54 Å². The lowest BCUT2D eigenvalue weighted by molar-refractivity contribution is -0.144. The molecule has 1 rings (SSSR count). The van der Waals surface area contributed by atoms with Crippen LogP contribution in [0.5, 0.6) is 0 Å². The van der Waals surface area contributed by atoms with E-state index < -0.39 is 0 Å². The van der Waals surface area contributed by atoms with Crippen molar-refractivity contribution in [1.29, 1.82) is 0 Å². The number of rotatable bonds is 5. The van der Waals surface area contributed by atoms with Gasteiger partial charge in [-0.25, -0.2) is 0 Å². The number of carbonyl (C=O) groups is 2. The van der Waals surface area contributed by atoms with Crippen molar-refractivity contribution in [3.05, 3.63) is 34.3 Å². The summed E-state index contributed by atoms with van der Waals surface area (Å²) in [4.78, 5) is 24.7. The van der Waals surface area contributed by atoms with Crippen LogP contribution >= 0.6 is 15.9 Å². The van der Waals surface area contributed by atoms with E-state index in [-0.39, 0.29) is 18.4 Å². The average Bonchev–Trinajstić information content (AvgIpc) is 2.36. The van der Waals surface area contributed by atoms with Crippen LogP contribution in [-0.4, -0.2) is 37.0 Å². The number of hydrogen-bond donors (Lipinski definition) is 0. The van der Waals surface area contributed by atoms with Crippen LogP contribution in [0.2, 0.25) is 0 Å². The molecule has 0 unspecified atom stereocenters. The van der Waals surface area contributed by atoms with E-state index in [0.717, 1.165) is 10.9 Å². The maximum atomic E-state index is 12.0. The first-order valence-electron chi connectivity index (χ1n) is 5.71. The summed E-state index contributed by atoms with van der Waals surface area (Å²) in [6, 6.07) is 6.99. The highest BCUT2D eigenvalue weighted by Gasteiger charge is 2.15. The molecule has 0 saturated heterocycles. The lowest BCUT2D eigenvalue weighted by Crippen LogP contribution is -2.33. The maximum absolute atomic E-state index is 12.0. The largest absolute Gasteiger partial charge is 0.464 e. The summed E-state index contributed by atoms with van der Waals surface area (Å²) in [6.07, 6.45) is 0.774. The van der Waals surface area contributed by atoms with E-state index in [2.05, 4.69) is 15.9 Å². The minimum absolute atomic E-state index is 0.0328. The number of likely N-dealkylation sites (N-methyl/N-ethyl adjacent to an activating group) is 1. The van der Waals surface area contributed by atoms with Gasteiger partial charge in [-0.2, -0.15) is 0 Å². The van der Waals surface area contributed by atoms with Gasteiger partial charge in [0.05, 0.1) is 6.61 Å². The Balaban J connectivity index is 2.56. The molecule has 0 spiro atoms. The second kappa shape index (κ2) is 7.16. The van der Waals surface area contributed by atoms with Gasteiger partial charge in [0.25, 0.3) is 5.91 Å². The van der Waals surface area contributed by atoms with Gasteiger partial charge in [-0.1, -0.05) is 22.9 Å². The number of carbonyl (C=O) groups excluding carboxylic acids is 2. The molecule has 0 N–H and O–H groups in total. The van der Waals surface area contributed by atoms with Gasteiger partial charge in [-0.3, -0.25) is 9.59 Å². The van der Waals surface area contributed by atoms with Gasteiger partial charge in [0, 0.05) is 17.1 Å². The Labute approximate surface area is 115 Å². The SMILES string of the molecule is CCCOC(=O)CN(C)C(=O)c1ccc(Br)cc1. The average molecular weight is 314 g/mol. The van der Waals surface area contributed by atoms with Crippen molar-refractivity contribution in [2.24, 2.45) is 0 Å². The zero-order chi connectivity index (χ0) is 13.5. The first-order valence-corrected chi connectivity index (χ1v) is 6.50. The third-order valence-corrected chi connectivity index (χ3v) is 2.80. The number of halogens is 1. The highest BCUT2D eigenvalue weighted by molar-refractivity contribution is 9.10. The molecular weight excluding hydrogens is 298 g/mol. The van der Waals surface area contributed by atoms with Crippen LogP contribution < -0.4 is 0 Å². The Morgan fingerprint density at radius 2 is 1.89 bits per heavy atom. The summed E-state index contributed by atoms with van der Waals surface area (Å²) in [5.41, 5.74) is 0.545. The predicted octanol–water partition coefficient (Wildman–Crippen LogP) is 2.47. The Kier molecular flexibility index (Phi) is 5.85. The summed E-state index contributed by atoms with van der Waals surface area (Å²) in [7, 11) is 1.58. The molecule has 0 aliphatic carbocycles. The normalized spacial score (nSPS) is 9.94. The first-order chi connectivity index (χ1) is 8.54. The lowest BCUT2D eigenvalue weighted by atomic mass is 10.2. The van der Waals surface area contributed by atoms with Crippen LogP contribution in [0.15, 0.2) is 28.7 Å². The van der Waals surface area contributed by atoms with E-state index in [0.29, 0.717) is 12.2 Å². The molecule has 0 saturated carbocycles. The molecule has 0 fully saturated rings. The van der Waals surface area contributed by atoms with Gasteiger partial charge < -0.3 is 9.64 Å². The number of nitrogens with zero attached hydrogens (tertiary/aromatic N) is 1. The standard InChI is InChI=1S/C13H16BrNO3/c1-3-8-18-12(16)9-15(2)13(17)10-4-6-11(14)7-5-10/h4-7H,3,8-9H2,1-2H3. The first kappa shape index (κ1) is 14.7. The van der Waals surface area contributed by atoms with Crippen molar-refractivity contribution in [1.82, 2.24) is 4.90 Å². The molecule has 0 heterocycles. The van der Waals surface area contributed by atoms with Crippen molar-refractivity contribution in [2.45, 2.75) is 13.3 Å². The fourth-order valence-electron chi connectivity index (χ4n) is 1.34. The topological polar surface area (TPSA) is 46.6 Å². The Morgan fingerprint density at radius 1 is 1.28 bits per heavy atom. The molecule has 0 atom stereocenters. The monoisotopic (exact) mass is 313 g/mol. The number of esters is 1. The predicted molar refractivity (Wildman–Crippen MR) is 72.4 cm³/mol. The molecule has 1 aromatic rings. The van der Waals surface area contributed by atoms with Gasteiger partial charge in [-0.05, 0) is 30.7 Å². The molecule has 1 amide bonds. The van der Waals surface area contributed by atoms with Crippen LogP contribution in [0.3, 0.4) is 0 Å². The molecule has 0 aromatic heterocycles. The second-order valence-corrected chi connectivity index (χ2v) is 4.80. The van der Waals surface area contributed by atoms with Crippen LogP contribution in [0.25, 0.3) is 0 Å². The lowest BCUT2D eigenvalue weighted by Gasteiger charge is -2.16. The summed E-state index contributed by atoms with van der Waals surface area (Å²) < 4.78 is 5.83. The van der Waals surface area contributed by atoms with Crippen molar-refractivity contribution in [3.8, 4) is 0 Å². The summed E-state index contributed by atoms with van der Waals surface area (Å²) in [6.45, 7) is 2.28. The highest BCUT2D eigenvalue weighted by atomic mass is 79.9. The minimum Gasteiger partial charge on any atom is -0.464 e. The second-order valence-electron chi connectivity index (χ2n) is 3.89. The minimum atomic E-state index is -0.384. The summed E-state index contributed by atoms with van der Waals surface area (Å²) in [5, 5.41) is 0. The van der Waals surface area contributed by atoms with Gasteiger partial charge in [0.15, 0.2) is 0 Å². The smallest absolute Gasteiger partial charge is 0.325 e. The summed E-state index contributed by atoms with van der Waals surface area (Å²) >= 11 is 3.30. The molecule has 0 aliphatic rings. The molecule has 1 aromatic carbocycles. The van der Waals surface area contributed by atoms with E-state index in [9.17, 15) is 9.59 Å². The van der Waals surface area contributed by atoms with Crippen LogP contribution in [-0.2, 0) is 9.53 Å². The third-order valence-electron chi connectivity index (χ3n) is 2.27. The van der Waals surface area contributed by atoms with Crippen LogP contribution in [0.1, 0.15) is 23.7 Å². The number of hydrogen-bond acceptors (Lipinski definition) is 3. The maximum Gasteiger partial charge on any atom is 0.325 e. The fraction of sp³-hybridized carbons (Fsp3) is 0.385. The molecular formula is C13H16BrNO3. The van der Waals surface area contributed by atoms with Gasteiger partial charge >= 0.3 is 5.97 Å². The Morgan fingerprint density at radius 3 is 2.44 bits per heavy atom. The van der Waals surface area contributed by atoms with Crippen molar-refractivity contribution < 1.29 is 14.3 Å². The summed E-state index contributed by atoms with van der Waals surface area (Å²) in [5.74, 6) is -0.583. The zero-order valence-corrected chi connectivity index (χ0v) is 12.1. The molecule has 0 bridgehead atoms. The zero-order valence-electron chi connectivity index (χ0n) is 10.5. The number of ether oxygens (including phenoxy) is 1. The molecule has 0 radical (unpaired) electrons. The Hall–Kier alpha value is -1.36.